The lowest BCUT2D eigenvalue weighted by molar-refractivity contribution is 0.881. The highest BCUT2D eigenvalue weighted by Gasteiger charge is 2.01. The summed E-state index contributed by atoms with van der Waals surface area (Å²) >= 11 is 1.57. The molecule has 0 amide bonds. The van der Waals surface area contributed by atoms with Gasteiger partial charge in [-0.1, -0.05) is 0 Å². The Morgan fingerprint density at radius 3 is 2.80 bits per heavy atom. The summed E-state index contributed by atoms with van der Waals surface area (Å²) in [7, 11) is 0. The van der Waals surface area contributed by atoms with Crippen molar-refractivity contribution in [1.82, 2.24) is 20.2 Å². The van der Waals surface area contributed by atoms with Crippen LogP contribution in [0.5, 0.6) is 0 Å². The van der Waals surface area contributed by atoms with Crippen LogP contribution >= 0.6 is 11.3 Å². The molecule has 0 aliphatic rings. The van der Waals surface area contributed by atoms with Gasteiger partial charge in [-0.2, -0.15) is 5.10 Å². The molecule has 78 valence electrons. The molecule has 0 aliphatic heterocycles. The van der Waals surface area contributed by atoms with Crippen LogP contribution in [-0.4, -0.2) is 20.2 Å². The smallest absolute Gasteiger partial charge is 0.243 e. The van der Waals surface area contributed by atoms with Crippen LogP contribution in [0.3, 0.4) is 0 Å². The summed E-state index contributed by atoms with van der Waals surface area (Å²) < 4.78 is 0. The summed E-state index contributed by atoms with van der Waals surface area (Å²) in [6.45, 7) is 4.44. The summed E-state index contributed by atoms with van der Waals surface area (Å²) in [6.07, 6.45) is 0. The van der Waals surface area contributed by atoms with Gasteiger partial charge in [0, 0.05) is 5.38 Å². The summed E-state index contributed by atoms with van der Waals surface area (Å²) in [5, 5.41) is 13.0. The van der Waals surface area contributed by atoms with Gasteiger partial charge in [-0.05, 0) is 13.8 Å². The van der Waals surface area contributed by atoms with Crippen LogP contribution < -0.4 is 5.32 Å². The normalized spacial score (nSPS) is 10.3. The molecule has 2 heterocycles. The third-order valence-corrected chi connectivity index (χ3v) is 2.64. The number of anilines is 1. The van der Waals surface area contributed by atoms with Gasteiger partial charge in [0.1, 0.15) is 0 Å². The van der Waals surface area contributed by atoms with Gasteiger partial charge in [-0.25, -0.2) is 9.97 Å². The highest BCUT2D eigenvalue weighted by molar-refractivity contribution is 7.07. The monoisotopic (exact) mass is 221 g/mol. The largest absolute Gasteiger partial charge is 0.347 e. The van der Waals surface area contributed by atoms with Gasteiger partial charge in [0.25, 0.3) is 0 Å². The predicted octanol–water partition coefficient (Wildman–Crippen LogP) is 1.56. The molecule has 0 spiro atoms. The Labute approximate surface area is 91.6 Å². The number of hydrogen-bond acceptors (Lipinski definition) is 6. The molecule has 2 aromatic heterocycles. The molecule has 0 aromatic carbocycles. The lowest BCUT2D eigenvalue weighted by atomic mass is 10.4. The SMILES string of the molecule is Cc1nnc(NCc2cscn2)nc1C. The molecule has 5 nitrogen and oxygen atoms in total. The zero-order chi connectivity index (χ0) is 10.7. The number of aryl methyl sites for hydroxylation is 2. The molecule has 0 fully saturated rings. The van der Waals surface area contributed by atoms with Crippen molar-refractivity contribution < 1.29 is 0 Å². The molecule has 0 bridgehead atoms. The zero-order valence-corrected chi connectivity index (χ0v) is 9.38. The van der Waals surface area contributed by atoms with E-state index in [0.29, 0.717) is 12.5 Å². The maximum atomic E-state index is 4.26. The van der Waals surface area contributed by atoms with Gasteiger partial charge >= 0.3 is 0 Å². The fourth-order valence-corrected chi connectivity index (χ4v) is 1.58. The summed E-state index contributed by atoms with van der Waals surface area (Å²) in [5.74, 6) is 0.547. The summed E-state index contributed by atoms with van der Waals surface area (Å²) in [5.41, 5.74) is 4.54. The van der Waals surface area contributed by atoms with E-state index in [9.17, 15) is 0 Å². The van der Waals surface area contributed by atoms with Gasteiger partial charge in [0.2, 0.25) is 5.95 Å². The van der Waals surface area contributed by atoms with Gasteiger partial charge in [-0.3, -0.25) is 0 Å². The van der Waals surface area contributed by atoms with E-state index in [2.05, 4.69) is 25.5 Å². The van der Waals surface area contributed by atoms with Crippen molar-refractivity contribution in [3.05, 3.63) is 28.0 Å². The first-order chi connectivity index (χ1) is 7.25. The summed E-state index contributed by atoms with van der Waals surface area (Å²) in [6, 6.07) is 0. The molecule has 6 heteroatoms. The molecule has 15 heavy (non-hydrogen) atoms. The van der Waals surface area contributed by atoms with Crippen molar-refractivity contribution in [2.24, 2.45) is 0 Å². The summed E-state index contributed by atoms with van der Waals surface area (Å²) in [4.78, 5) is 8.41. The van der Waals surface area contributed by atoms with Crippen LogP contribution in [-0.2, 0) is 6.54 Å². The number of hydrogen-bond donors (Lipinski definition) is 1. The van der Waals surface area contributed by atoms with Crippen LogP contribution in [0, 0.1) is 13.8 Å². The minimum atomic E-state index is 0.547. The van der Waals surface area contributed by atoms with Crippen molar-refractivity contribution in [3.8, 4) is 0 Å². The van der Waals surface area contributed by atoms with E-state index in [-0.39, 0.29) is 0 Å². The standard InChI is InChI=1S/C9H11N5S/c1-6-7(2)13-14-9(12-6)10-3-8-4-15-5-11-8/h4-5H,3H2,1-2H3,(H,10,12,14). The quantitative estimate of drug-likeness (QED) is 0.852. The molecule has 2 aromatic rings. The highest BCUT2D eigenvalue weighted by Crippen LogP contribution is 2.05. The van der Waals surface area contributed by atoms with E-state index in [1.54, 1.807) is 16.8 Å². The van der Waals surface area contributed by atoms with Crippen molar-refractivity contribution in [2.45, 2.75) is 20.4 Å². The second-order valence-corrected chi connectivity index (χ2v) is 3.86. The number of nitrogens with one attached hydrogen (secondary N) is 1. The molecule has 0 aliphatic carbocycles. The van der Waals surface area contributed by atoms with E-state index in [1.807, 2.05) is 19.2 Å². The number of nitrogens with zero attached hydrogens (tertiary/aromatic N) is 4. The molecular formula is C9H11N5S. The number of thiazole rings is 1. The molecule has 1 N–H and O–H groups in total. The average molecular weight is 221 g/mol. The van der Waals surface area contributed by atoms with E-state index in [4.69, 9.17) is 0 Å². The highest BCUT2D eigenvalue weighted by atomic mass is 32.1. The molecule has 0 unspecified atom stereocenters. The maximum Gasteiger partial charge on any atom is 0.243 e. The Balaban J connectivity index is 2.02. The van der Waals surface area contributed by atoms with Crippen molar-refractivity contribution >= 4 is 17.3 Å². The second kappa shape index (κ2) is 4.31. The molecule has 0 atom stereocenters. The first-order valence-corrected chi connectivity index (χ1v) is 5.49. The van der Waals surface area contributed by atoms with Crippen LogP contribution in [0.4, 0.5) is 5.95 Å². The van der Waals surface area contributed by atoms with Crippen molar-refractivity contribution in [3.63, 3.8) is 0 Å². The first-order valence-electron chi connectivity index (χ1n) is 4.54. The fourth-order valence-electron chi connectivity index (χ4n) is 1.03. The Morgan fingerprint density at radius 2 is 2.13 bits per heavy atom. The zero-order valence-electron chi connectivity index (χ0n) is 8.56. The van der Waals surface area contributed by atoms with Crippen molar-refractivity contribution in [2.75, 3.05) is 5.32 Å². The first kappa shape index (κ1) is 9.97. The fraction of sp³-hybridized carbons (Fsp3) is 0.333. The topological polar surface area (TPSA) is 63.6 Å². The third kappa shape index (κ3) is 2.47. The molecule has 2 rings (SSSR count). The van der Waals surface area contributed by atoms with E-state index in [0.717, 1.165) is 17.1 Å². The Bertz CT molecular complexity index is 440. The molecular weight excluding hydrogens is 210 g/mol. The molecule has 0 saturated carbocycles. The molecule has 0 saturated heterocycles. The minimum Gasteiger partial charge on any atom is -0.347 e. The lowest BCUT2D eigenvalue weighted by Gasteiger charge is -2.03. The third-order valence-electron chi connectivity index (χ3n) is 2.00. The minimum absolute atomic E-state index is 0.547. The maximum absolute atomic E-state index is 4.26. The van der Waals surface area contributed by atoms with Gasteiger partial charge < -0.3 is 5.32 Å². The lowest BCUT2D eigenvalue weighted by Crippen LogP contribution is -2.07. The van der Waals surface area contributed by atoms with Crippen LogP contribution in [0.1, 0.15) is 17.1 Å². The second-order valence-electron chi connectivity index (χ2n) is 3.14. The van der Waals surface area contributed by atoms with Gasteiger partial charge in [0.15, 0.2) is 0 Å². The van der Waals surface area contributed by atoms with E-state index in [1.165, 1.54) is 0 Å². The Kier molecular flexibility index (Phi) is 2.86. The van der Waals surface area contributed by atoms with Crippen molar-refractivity contribution in [1.29, 1.82) is 0 Å². The van der Waals surface area contributed by atoms with E-state index < -0.39 is 0 Å². The Morgan fingerprint density at radius 1 is 1.27 bits per heavy atom. The van der Waals surface area contributed by atoms with Gasteiger partial charge in [0.05, 0.1) is 29.1 Å². The molecule has 0 radical (unpaired) electrons. The van der Waals surface area contributed by atoms with Crippen LogP contribution in [0.2, 0.25) is 0 Å². The van der Waals surface area contributed by atoms with Crippen LogP contribution in [0.25, 0.3) is 0 Å². The number of rotatable bonds is 3. The average Bonchev–Trinajstić information content (AvgIpc) is 2.73. The van der Waals surface area contributed by atoms with E-state index >= 15 is 0 Å². The Hall–Kier alpha value is -1.56. The predicted molar refractivity (Wildman–Crippen MR) is 58.7 cm³/mol. The number of aromatic nitrogens is 4. The van der Waals surface area contributed by atoms with Gasteiger partial charge in [-0.15, -0.1) is 16.4 Å². The van der Waals surface area contributed by atoms with Crippen LogP contribution in [0.15, 0.2) is 10.9 Å².